The minimum absolute atomic E-state index is 0.364. The largest absolute Gasteiger partial charge is 0.508 e. The van der Waals surface area contributed by atoms with E-state index in [9.17, 15) is 5.11 Å². The molecule has 1 heteroatoms. The molecule has 33 heavy (non-hydrogen) atoms. The monoisotopic (exact) mass is 442 g/mol. The molecule has 4 atom stereocenters. The molecule has 1 spiro atoms. The third-order valence-electron chi connectivity index (χ3n) is 9.25. The summed E-state index contributed by atoms with van der Waals surface area (Å²) in [6.45, 7) is 5.00. The van der Waals surface area contributed by atoms with Crippen molar-refractivity contribution in [3.63, 3.8) is 0 Å². The van der Waals surface area contributed by atoms with Gasteiger partial charge in [-0.15, -0.1) is 0 Å². The van der Waals surface area contributed by atoms with E-state index in [1.165, 1.54) is 74.5 Å². The summed E-state index contributed by atoms with van der Waals surface area (Å²) in [5, 5.41) is 10.5. The van der Waals surface area contributed by atoms with Gasteiger partial charge in [-0.1, -0.05) is 75.2 Å². The summed E-state index contributed by atoms with van der Waals surface area (Å²) < 4.78 is 0. The summed E-state index contributed by atoms with van der Waals surface area (Å²) in [4.78, 5) is 0. The summed E-state index contributed by atoms with van der Waals surface area (Å²) in [7, 11) is 0. The highest BCUT2D eigenvalue weighted by atomic mass is 16.3. The maximum absolute atomic E-state index is 10.5. The van der Waals surface area contributed by atoms with Gasteiger partial charge in [-0.25, -0.2) is 0 Å². The first-order valence-corrected chi connectivity index (χ1v) is 13.4. The molecule has 1 nitrogen and oxygen atoms in total. The molecular formula is C32H42O. The maximum atomic E-state index is 10.5. The van der Waals surface area contributed by atoms with Gasteiger partial charge in [0.25, 0.3) is 0 Å². The molecule has 5 rings (SSSR count). The second-order valence-electron chi connectivity index (χ2n) is 12.2. The van der Waals surface area contributed by atoms with Crippen molar-refractivity contribution in [1.82, 2.24) is 0 Å². The maximum Gasteiger partial charge on any atom is 0.116 e. The normalized spacial score (nSPS) is 31.2. The van der Waals surface area contributed by atoms with Gasteiger partial charge in [0.15, 0.2) is 0 Å². The Hall–Kier alpha value is -2.02. The Kier molecular flexibility index (Phi) is 6.43. The zero-order chi connectivity index (χ0) is 22.9. The van der Waals surface area contributed by atoms with Gasteiger partial charge in [0.1, 0.15) is 5.75 Å². The standard InChI is InChI=1S/C32H42O/c1-24-9-8-12-31(2,21-24)29-18-28(22-32(23-29)13-6-7-14-32)17-27-16-26(19-30(33)20-27)15-25-10-4-3-5-11-25/h3-5,8,10-12,16,19-20,24,28-29,33H,6-7,9,13-15,17-18,21-23H2,1-2H3/t24-,28-,29+,31-/m0/s1. The Morgan fingerprint density at radius 1 is 0.909 bits per heavy atom. The Labute approximate surface area is 201 Å². The number of allylic oxidation sites excluding steroid dienone is 2. The van der Waals surface area contributed by atoms with E-state index in [-0.39, 0.29) is 0 Å². The summed E-state index contributed by atoms with van der Waals surface area (Å²) in [6, 6.07) is 17.0. The molecule has 0 unspecified atom stereocenters. The number of aromatic hydroxyl groups is 1. The molecule has 2 fully saturated rings. The molecule has 2 saturated carbocycles. The van der Waals surface area contributed by atoms with Gasteiger partial charge >= 0.3 is 0 Å². The Balaban J connectivity index is 1.37. The smallest absolute Gasteiger partial charge is 0.116 e. The van der Waals surface area contributed by atoms with E-state index in [2.05, 4.69) is 62.4 Å². The average Bonchev–Trinajstić information content (AvgIpc) is 3.20. The van der Waals surface area contributed by atoms with Crippen molar-refractivity contribution < 1.29 is 5.11 Å². The lowest BCUT2D eigenvalue weighted by molar-refractivity contribution is 0.0309. The van der Waals surface area contributed by atoms with Crippen LogP contribution in [0.15, 0.2) is 60.7 Å². The van der Waals surface area contributed by atoms with Crippen LogP contribution in [-0.4, -0.2) is 5.11 Å². The fourth-order valence-electron chi connectivity index (χ4n) is 7.88. The Morgan fingerprint density at radius 2 is 1.67 bits per heavy atom. The molecule has 3 aliphatic rings. The van der Waals surface area contributed by atoms with E-state index >= 15 is 0 Å². The van der Waals surface area contributed by atoms with Crippen LogP contribution in [0.25, 0.3) is 0 Å². The number of phenolic OH excluding ortho intramolecular Hbond substituents is 1. The van der Waals surface area contributed by atoms with E-state index in [4.69, 9.17) is 0 Å². The topological polar surface area (TPSA) is 20.2 Å². The minimum atomic E-state index is 0.364. The Morgan fingerprint density at radius 3 is 2.42 bits per heavy atom. The zero-order valence-electron chi connectivity index (χ0n) is 20.7. The van der Waals surface area contributed by atoms with Crippen molar-refractivity contribution in [2.24, 2.45) is 28.6 Å². The van der Waals surface area contributed by atoms with Crippen molar-refractivity contribution in [2.75, 3.05) is 0 Å². The van der Waals surface area contributed by atoms with Gasteiger partial charge in [-0.3, -0.25) is 0 Å². The number of benzene rings is 2. The fourth-order valence-corrected chi connectivity index (χ4v) is 7.88. The lowest BCUT2D eigenvalue weighted by Crippen LogP contribution is -2.40. The van der Waals surface area contributed by atoms with Crippen molar-refractivity contribution in [1.29, 1.82) is 0 Å². The second kappa shape index (κ2) is 9.32. The van der Waals surface area contributed by atoms with Crippen LogP contribution < -0.4 is 0 Å². The van der Waals surface area contributed by atoms with E-state index in [1.807, 2.05) is 12.1 Å². The lowest BCUT2D eigenvalue weighted by Gasteiger charge is -2.50. The predicted molar refractivity (Wildman–Crippen MR) is 138 cm³/mol. The number of rotatable bonds is 5. The van der Waals surface area contributed by atoms with Crippen LogP contribution in [-0.2, 0) is 12.8 Å². The summed E-state index contributed by atoms with van der Waals surface area (Å²) in [6.07, 6.45) is 19.6. The molecule has 0 aliphatic heterocycles. The van der Waals surface area contributed by atoms with Gasteiger partial charge in [0, 0.05) is 0 Å². The van der Waals surface area contributed by atoms with Crippen molar-refractivity contribution in [2.45, 2.75) is 84.5 Å². The molecule has 2 aromatic carbocycles. The third-order valence-corrected chi connectivity index (χ3v) is 9.25. The summed E-state index contributed by atoms with van der Waals surface area (Å²) in [5.74, 6) is 2.77. The van der Waals surface area contributed by atoms with Crippen molar-refractivity contribution in [3.8, 4) is 5.75 Å². The van der Waals surface area contributed by atoms with Gasteiger partial charge in [-0.05, 0) is 115 Å². The Bertz CT molecular complexity index is 967. The molecule has 0 amide bonds. The number of hydrogen-bond donors (Lipinski definition) is 1. The van der Waals surface area contributed by atoms with Crippen LogP contribution in [0.2, 0.25) is 0 Å². The molecular weight excluding hydrogens is 400 g/mol. The number of phenols is 1. The molecule has 0 heterocycles. The molecule has 2 aromatic rings. The minimum Gasteiger partial charge on any atom is -0.508 e. The molecule has 1 N–H and O–H groups in total. The quantitative estimate of drug-likeness (QED) is 0.460. The first-order valence-electron chi connectivity index (χ1n) is 13.4. The molecule has 0 aromatic heterocycles. The second-order valence-corrected chi connectivity index (χ2v) is 12.2. The molecule has 176 valence electrons. The van der Waals surface area contributed by atoms with Crippen LogP contribution in [0.5, 0.6) is 5.75 Å². The highest BCUT2D eigenvalue weighted by Gasteiger charge is 2.47. The highest BCUT2D eigenvalue weighted by Crippen LogP contribution is 2.58. The van der Waals surface area contributed by atoms with Crippen LogP contribution in [0, 0.1) is 28.6 Å². The van der Waals surface area contributed by atoms with Gasteiger partial charge in [0.05, 0.1) is 0 Å². The van der Waals surface area contributed by atoms with Crippen molar-refractivity contribution >= 4 is 0 Å². The van der Waals surface area contributed by atoms with Crippen LogP contribution >= 0.6 is 0 Å². The first-order chi connectivity index (χ1) is 15.9. The lowest BCUT2D eigenvalue weighted by atomic mass is 9.55. The van der Waals surface area contributed by atoms with E-state index in [1.54, 1.807) is 0 Å². The fraction of sp³-hybridized carbons (Fsp3) is 0.562. The van der Waals surface area contributed by atoms with Crippen LogP contribution in [0.3, 0.4) is 0 Å². The molecule has 0 bridgehead atoms. The molecule has 3 aliphatic carbocycles. The molecule has 0 radical (unpaired) electrons. The third kappa shape index (κ3) is 5.23. The van der Waals surface area contributed by atoms with Crippen LogP contribution in [0.4, 0.5) is 0 Å². The summed E-state index contributed by atoms with van der Waals surface area (Å²) in [5.41, 5.74) is 4.81. The van der Waals surface area contributed by atoms with Gasteiger partial charge in [-0.2, -0.15) is 0 Å². The zero-order valence-corrected chi connectivity index (χ0v) is 20.7. The van der Waals surface area contributed by atoms with E-state index < -0.39 is 0 Å². The van der Waals surface area contributed by atoms with Crippen molar-refractivity contribution in [3.05, 3.63) is 77.4 Å². The van der Waals surface area contributed by atoms with Gasteiger partial charge in [0.2, 0.25) is 0 Å². The van der Waals surface area contributed by atoms with E-state index in [0.717, 1.165) is 30.6 Å². The summed E-state index contributed by atoms with van der Waals surface area (Å²) >= 11 is 0. The van der Waals surface area contributed by atoms with E-state index in [0.29, 0.717) is 16.6 Å². The highest BCUT2D eigenvalue weighted by molar-refractivity contribution is 5.37. The molecule has 0 saturated heterocycles. The van der Waals surface area contributed by atoms with Gasteiger partial charge < -0.3 is 5.11 Å². The van der Waals surface area contributed by atoms with Crippen LogP contribution in [0.1, 0.15) is 88.3 Å². The first kappa shape index (κ1) is 22.8. The SMILES string of the molecule is C[C@H]1CC=C[C@](C)([C@@H]2C[C@H](Cc3cc(O)cc(Cc4ccccc4)c3)CC3(CCCC3)C2)C1. The average molecular weight is 443 g/mol. The number of hydrogen-bond acceptors (Lipinski definition) is 1. The predicted octanol–water partition coefficient (Wildman–Crippen LogP) is 8.49.